The lowest BCUT2D eigenvalue weighted by atomic mass is 9.31. The van der Waals surface area contributed by atoms with E-state index in [0.29, 0.717) is 0 Å². The van der Waals surface area contributed by atoms with Crippen molar-refractivity contribution in [3.63, 3.8) is 0 Å². The molecule has 28 heavy (non-hydrogen) atoms. The second-order valence-corrected chi connectivity index (χ2v) is 10.1. The van der Waals surface area contributed by atoms with E-state index in [1.54, 1.807) is 0 Å². The molecule has 4 aromatic rings. The molecule has 0 saturated carbocycles. The van der Waals surface area contributed by atoms with Gasteiger partial charge in [-0.3, -0.25) is 0 Å². The second kappa shape index (κ2) is 7.49. The van der Waals surface area contributed by atoms with Crippen molar-refractivity contribution in [3.8, 4) is 0 Å². The highest BCUT2D eigenvalue weighted by Crippen LogP contribution is 2.44. The zero-order valence-corrected chi connectivity index (χ0v) is 18.2. The molecule has 140 valence electrons. The fraction of sp³-hybridized carbons (Fsp3) is 0.130. The molecular formula is C23H21BOS3. The lowest BCUT2D eigenvalue weighted by Crippen LogP contribution is -2.66. The number of thiophene rings is 3. The van der Waals surface area contributed by atoms with Crippen molar-refractivity contribution < 1.29 is 4.28 Å². The third-order valence-electron chi connectivity index (χ3n) is 5.81. The predicted octanol–water partition coefficient (Wildman–Crippen LogP) is 5.67. The largest absolute Gasteiger partial charge is 0.661 e. The zero-order chi connectivity index (χ0) is 19.0. The normalized spacial score (nSPS) is 17.2. The van der Waals surface area contributed by atoms with Crippen LogP contribution in [0.15, 0.2) is 82.9 Å². The average molecular weight is 420 g/mol. The van der Waals surface area contributed by atoms with Gasteiger partial charge in [0.15, 0.2) is 0 Å². The van der Waals surface area contributed by atoms with Gasteiger partial charge >= 0.3 is 6.35 Å². The van der Waals surface area contributed by atoms with Crippen LogP contribution in [0.1, 0.15) is 16.9 Å². The maximum Gasteiger partial charge on any atom is 0.397 e. The summed E-state index contributed by atoms with van der Waals surface area (Å²) in [5.41, 5.74) is 4.30. The molecule has 4 heterocycles. The van der Waals surface area contributed by atoms with Gasteiger partial charge in [0.05, 0.1) is 7.11 Å². The second-order valence-electron chi connectivity index (χ2n) is 7.20. The fourth-order valence-electron chi connectivity index (χ4n) is 4.61. The highest BCUT2D eigenvalue weighted by molar-refractivity contribution is 7.40. The Labute approximate surface area is 178 Å². The van der Waals surface area contributed by atoms with Crippen LogP contribution in [0.25, 0.3) is 11.0 Å². The number of rotatable bonds is 4. The number of hydrogen-bond donors (Lipinski definition) is 0. The van der Waals surface area contributed by atoms with E-state index in [4.69, 9.17) is 0 Å². The smallest absolute Gasteiger partial charge is 0.397 e. The first-order valence-corrected chi connectivity index (χ1v) is 12.1. The van der Waals surface area contributed by atoms with E-state index in [0.717, 1.165) is 13.0 Å². The lowest BCUT2D eigenvalue weighted by molar-refractivity contribution is 0.0588. The highest BCUT2D eigenvalue weighted by atomic mass is 32.1. The zero-order valence-electron chi connectivity index (χ0n) is 15.7. The van der Waals surface area contributed by atoms with Crippen LogP contribution in [0.4, 0.5) is 0 Å². The average Bonchev–Trinajstić information content (AvgIpc) is 3.52. The Morgan fingerprint density at radius 1 is 0.750 bits per heavy atom. The van der Waals surface area contributed by atoms with E-state index < -0.39 is 6.35 Å². The van der Waals surface area contributed by atoms with Crippen LogP contribution in [-0.2, 0) is 4.28 Å². The Morgan fingerprint density at radius 3 is 1.96 bits per heavy atom. The van der Waals surface area contributed by atoms with E-state index in [-0.39, 0.29) is 0 Å². The molecule has 1 nitrogen and oxygen atoms in total. The third-order valence-corrected chi connectivity index (χ3v) is 8.78. The summed E-state index contributed by atoms with van der Waals surface area (Å²) < 4.78 is 6.48. The van der Waals surface area contributed by atoms with E-state index in [9.17, 15) is 0 Å². The molecule has 0 spiro atoms. The minimum Gasteiger partial charge on any atom is -0.661 e. The quantitative estimate of drug-likeness (QED) is 0.296. The first-order chi connectivity index (χ1) is 13.8. The molecule has 1 aromatic carbocycles. The van der Waals surface area contributed by atoms with Crippen molar-refractivity contribution in [1.29, 1.82) is 0 Å². The van der Waals surface area contributed by atoms with E-state index in [2.05, 4.69) is 94.3 Å². The molecule has 0 unspecified atom stereocenters. The summed E-state index contributed by atoms with van der Waals surface area (Å²) in [6.07, 6.45) is -0.189. The van der Waals surface area contributed by atoms with Crippen LogP contribution in [0, 0.1) is 0 Å². The molecule has 0 fully saturated rings. The van der Waals surface area contributed by atoms with Crippen LogP contribution in [0.3, 0.4) is 0 Å². The molecule has 0 N–H and O–H groups in total. The van der Waals surface area contributed by atoms with Crippen molar-refractivity contribution in [3.05, 3.63) is 93.3 Å². The summed E-state index contributed by atoms with van der Waals surface area (Å²) in [6, 6.07) is 24.4. The van der Waals surface area contributed by atoms with Gasteiger partial charge in [0.1, 0.15) is 6.61 Å². The summed E-state index contributed by atoms with van der Waals surface area (Å²) in [7, 11) is 2.23. The first kappa shape index (κ1) is 18.1. The van der Waals surface area contributed by atoms with Gasteiger partial charge in [0.2, 0.25) is 0 Å². The van der Waals surface area contributed by atoms with Gasteiger partial charge in [-0.1, -0.05) is 81.3 Å². The Bertz CT molecular complexity index is 1030. The summed E-state index contributed by atoms with van der Waals surface area (Å²) in [4.78, 5) is 1.37. The molecule has 0 radical (unpaired) electrons. The monoisotopic (exact) mass is 420 g/mol. The molecule has 0 saturated heterocycles. The van der Waals surface area contributed by atoms with Crippen LogP contribution < -0.4 is 9.55 Å². The van der Waals surface area contributed by atoms with Crippen LogP contribution in [0.5, 0.6) is 0 Å². The van der Waals surface area contributed by atoms with Crippen molar-refractivity contribution in [1.82, 2.24) is 0 Å². The van der Waals surface area contributed by atoms with Crippen LogP contribution in [-0.4, -0.2) is 20.1 Å². The van der Waals surface area contributed by atoms with E-state index >= 15 is 0 Å². The Balaban J connectivity index is 1.90. The van der Waals surface area contributed by atoms with E-state index in [1.165, 1.54) is 31.0 Å². The maximum absolute atomic E-state index is 3.63. The fourth-order valence-corrected chi connectivity index (χ4v) is 7.70. The molecule has 3 aromatic heterocycles. The van der Waals surface area contributed by atoms with Crippen molar-refractivity contribution >= 4 is 61.0 Å². The van der Waals surface area contributed by atoms with Gasteiger partial charge < -0.3 is 4.28 Å². The standard InChI is InChI=1S/C23H21BOS3/c1-25-14-13-19(18-8-3-2-4-9-18)23(20-10-5-15-26-20)24(25,21-11-6-16-27-21)22-12-7-17-28-22/h2-12,15-17H,13-14H2,1H3. The molecule has 0 amide bonds. The van der Waals surface area contributed by atoms with Crippen molar-refractivity contribution in [2.45, 2.75) is 6.42 Å². The molecule has 0 bridgehead atoms. The van der Waals surface area contributed by atoms with Crippen LogP contribution in [0.2, 0.25) is 0 Å². The summed E-state index contributed by atoms with van der Waals surface area (Å²) in [5.74, 6) is 0. The minimum atomic E-state index is -1.23. The van der Waals surface area contributed by atoms with Gasteiger partial charge in [-0.05, 0) is 27.8 Å². The molecule has 0 aliphatic carbocycles. The number of benzene rings is 1. The summed E-state index contributed by atoms with van der Waals surface area (Å²) in [6.45, 7) is 0.981. The predicted molar refractivity (Wildman–Crippen MR) is 128 cm³/mol. The van der Waals surface area contributed by atoms with Gasteiger partial charge in [0, 0.05) is 11.3 Å². The Morgan fingerprint density at radius 2 is 1.39 bits per heavy atom. The third kappa shape index (κ3) is 2.77. The molecule has 1 aliphatic rings. The van der Waals surface area contributed by atoms with Crippen LogP contribution >= 0.6 is 34.0 Å². The lowest BCUT2D eigenvalue weighted by Gasteiger charge is -2.50. The highest BCUT2D eigenvalue weighted by Gasteiger charge is 2.51. The molecule has 5 heteroatoms. The SMILES string of the molecule is C[O+]1CCC(c2ccccc2)=C(c2cccs2)[B-]1(c1cccs1)c1cccs1. The topological polar surface area (TPSA) is 2.70 Å². The van der Waals surface area contributed by atoms with Crippen molar-refractivity contribution in [2.24, 2.45) is 0 Å². The van der Waals surface area contributed by atoms with Gasteiger partial charge in [0.25, 0.3) is 0 Å². The maximum atomic E-state index is 3.63. The Kier molecular flexibility index (Phi) is 4.85. The summed E-state index contributed by atoms with van der Waals surface area (Å²) in [5, 5.41) is 6.63. The van der Waals surface area contributed by atoms with Gasteiger partial charge in [-0.2, -0.15) is 22.7 Å². The number of hydrogen-bond acceptors (Lipinski definition) is 3. The minimum absolute atomic E-state index is 0.981. The van der Waals surface area contributed by atoms with E-state index in [1.807, 2.05) is 34.0 Å². The van der Waals surface area contributed by atoms with Gasteiger partial charge in [-0.25, -0.2) is 0 Å². The molecular weight excluding hydrogens is 399 g/mol. The molecule has 0 atom stereocenters. The molecule has 1 aliphatic heterocycles. The Hall–Kier alpha value is -1.92. The van der Waals surface area contributed by atoms with Gasteiger partial charge in [-0.15, -0.1) is 11.3 Å². The summed E-state index contributed by atoms with van der Waals surface area (Å²) >= 11 is 5.60. The molecule has 5 rings (SSSR count). The van der Waals surface area contributed by atoms with Crippen molar-refractivity contribution in [2.75, 3.05) is 13.7 Å². The first-order valence-electron chi connectivity index (χ1n) is 9.50.